The summed E-state index contributed by atoms with van der Waals surface area (Å²) < 4.78 is 1.96. The SMILES string of the molecule is C=CCn1c(SCc2ccc(Cl)c(Cl)c2)nnc1C(C)NC(=O)c1ccccc1C. The molecule has 0 saturated heterocycles. The number of hydrogen-bond acceptors (Lipinski definition) is 4. The van der Waals surface area contributed by atoms with Crippen molar-refractivity contribution in [2.45, 2.75) is 37.3 Å². The van der Waals surface area contributed by atoms with Crippen LogP contribution in [0.1, 0.15) is 40.3 Å². The fraction of sp³-hybridized carbons (Fsp3) is 0.227. The van der Waals surface area contributed by atoms with Gasteiger partial charge in [0.15, 0.2) is 11.0 Å². The number of nitrogens with one attached hydrogen (secondary N) is 1. The largest absolute Gasteiger partial charge is 0.342 e. The Bertz CT molecular complexity index is 1070. The third-order valence-electron chi connectivity index (χ3n) is 4.53. The lowest BCUT2D eigenvalue weighted by Gasteiger charge is -2.16. The molecule has 1 aromatic heterocycles. The Morgan fingerprint density at radius 1 is 1.23 bits per heavy atom. The van der Waals surface area contributed by atoms with Crippen LogP contribution in [0.5, 0.6) is 0 Å². The van der Waals surface area contributed by atoms with Crippen molar-refractivity contribution in [2.24, 2.45) is 0 Å². The first kappa shape index (κ1) is 22.4. The third kappa shape index (κ3) is 5.25. The number of benzene rings is 2. The van der Waals surface area contributed by atoms with E-state index in [2.05, 4.69) is 22.1 Å². The molecule has 0 radical (unpaired) electrons. The van der Waals surface area contributed by atoms with Gasteiger partial charge in [0.2, 0.25) is 0 Å². The lowest BCUT2D eigenvalue weighted by Crippen LogP contribution is -2.29. The Hall–Kier alpha value is -2.28. The van der Waals surface area contributed by atoms with Crippen molar-refractivity contribution in [1.82, 2.24) is 20.1 Å². The van der Waals surface area contributed by atoms with Crippen molar-refractivity contribution < 1.29 is 4.79 Å². The van der Waals surface area contributed by atoms with Crippen molar-refractivity contribution in [3.05, 3.63) is 87.7 Å². The first-order valence-corrected chi connectivity index (χ1v) is 11.1. The van der Waals surface area contributed by atoms with Gasteiger partial charge in [-0.1, -0.05) is 65.3 Å². The number of aryl methyl sites for hydroxylation is 1. The molecule has 0 saturated carbocycles. The molecular weight excluding hydrogens is 439 g/mol. The molecule has 1 amide bonds. The van der Waals surface area contributed by atoms with E-state index in [4.69, 9.17) is 23.2 Å². The average Bonchev–Trinajstić information content (AvgIpc) is 3.12. The van der Waals surface area contributed by atoms with Crippen molar-refractivity contribution in [1.29, 1.82) is 0 Å². The zero-order valence-corrected chi connectivity index (χ0v) is 19.1. The molecule has 156 valence electrons. The quantitative estimate of drug-likeness (QED) is 0.337. The zero-order valence-electron chi connectivity index (χ0n) is 16.7. The Morgan fingerprint density at radius 2 is 2.00 bits per heavy atom. The summed E-state index contributed by atoms with van der Waals surface area (Å²) in [4.78, 5) is 12.7. The number of thioether (sulfide) groups is 1. The summed E-state index contributed by atoms with van der Waals surface area (Å²) in [5, 5.41) is 13.5. The van der Waals surface area contributed by atoms with E-state index in [1.54, 1.807) is 12.1 Å². The molecule has 1 atom stereocenters. The fourth-order valence-corrected chi connectivity index (χ4v) is 4.19. The van der Waals surface area contributed by atoms with E-state index in [1.807, 2.05) is 54.8 Å². The second-order valence-electron chi connectivity index (χ2n) is 6.79. The molecule has 3 aromatic rings. The van der Waals surface area contributed by atoms with Crippen molar-refractivity contribution in [3.63, 3.8) is 0 Å². The lowest BCUT2D eigenvalue weighted by molar-refractivity contribution is 0.0937. The molecule has 1 N–H and O–H groups in total. The topological polar surface area (TPSA) is 59.8 Å². The van der Waals surface area contributed by atoms with Crippen LogP contribution in [0.2, 0.25) is 10.0 Å². The highest BCUT2D eigenvalue weighted by Gasteiger charge is 2.20. The highest BCUT2D eigenvalue weighted by molar-refractivity contribution is 7.98. The summed E-state index contributed by atoms with van der Waals surface area (Å²) in [5.41, 5.74) is 2.60. The van der Waals surface area contributed by atoms with Crippen molar-refractivity contribution in [2.75, 3.05) is 0 Å². The Labute approximate surface area is 190 Å². The summed E-state index contributed by atoms with van der Waals surface area (Å²) in [7, 11) is 0. The molecule has 0 aliphatic heterocycles. The van der Waals surface area contributed by atoms with Gasteiger partial charge in [-0.25, -0.2) is 0 Å². The van der Waals surface area contributed by atoms with E-state index in [0.29, 0.717) is 33.7 Å². The minimum atomic E-state index is -0.316. The molecule has 0 aliphatic rings. The summed E-state index contributed by atoms with van der Waals surface area (Å²) in [6, 6.07) is 12.7. The van der Waals surface area contributed by atoms with E-state index < -0.39 is 0 Å². The first-order valence-electron chi connectivity index (χ1n) is 9.38. The van der Waals surface area contributed by atoms with Gasteiger partial charge in [0.05, 0.1) is 16.1 Å². The van der Waals surface area contributed by atoms with E-state index in [1.165, 1.54) is 11.8 Å². The molecule has 5 nitrogen and oxygen atoms in total. The Kier molecular flexibility index (Phi) is 7.58. The number of carbonyl (C=O) groups is 1. The second kappa shape index (κ2) is 10.2. The lowest BCUT2D eigenvalue weighted by atomic mass is 10.1. The van der Waals surface area contributed by atoms with E-state index in [0.717, 1.165) is 16.3 Å². The first-order chi connectivity index (χ1) is 14.4. The summed E-state index contributed by atoms with van der Waals surface area (Å²) in [6.45, 7) is 8.18. The summed E-state index contributed by atoms with van der Waals surface area (Å²) in [5.74, 6) is 1.20. The smallest absolute Gasteiger partial charge is 0.252 e. The molecule has 1 unspecified atom stereocenters. The van der Waals surface area contributed by atoms with Gasteiger partial charge >= 0.3 is 0 Å². The average molecular weight is 461 g/mol. The Balaban J connectivity index is 1.75. The number of rotatable bonds is 8. The number of allylic oxidation sites excluding steroid dienone is 1. The van der Waals surface area contributed by atoms with Gasteiger partial charge in [-0.05, 0) is 43.2 Å². The van der Waals surface area contributed by atoms with Gasteiger partial charge in [0.1, 0.15) is 0 Å². The van der Waals surface area contributed by atoms with Crippen molar-refractivity contribution >= 4 is 40.9 Å². The minimum Gasteiger partial charge on any atom is -0.342 e. The van der Waals surface area contributed by atoms with E-state index in [-0.39, 0.29) is 11.9 Å². The van der Waals surface area contributed by atoms with Gasteiger partial charge < -0.3 is 9.88 Å². The maximum atomic E-state index is 12.7. The number of hydrogen-bond donors (Lipinski definition) is 1. The fourth-order valence-electron chi connectivity index (χ4n) is 2.97. The van der Waals surface area contributed by atoms with Crippen LogP contribution >= 0.6 is 35.0 Å². The molecule has 3 rings (SSSR count). The van der Waals surface area contributed by atoms with Gasteiger partial charge in [-0.3, -0.25) is 4.79 Å². The number of amides is 1. The summed E-state index contributed by atoms with van der Waals surface area (Å²) in [6.07, 6.45) is 1.78. The van der Waals surface area contributed by atoms with Crippen LogP contribution < -0.4 is 5.32 Å². The monoisotopic (exact) mass is 460 g/mol. The zero-order chi connectivity index (χ0) is 21.7. The number of nitrogens with zero attached hydrogens (tertiary/aromatic N) is 3. The van der Waals surface area contributed by atoms with Crippen molar-refractivity contribution in [3.8, 4) is 0 Å². The van der Waals surface area contributed by atoms with Gasteiger partial charge in [-0.2, -0.15) is 0 Å². The number of halogens is 2. The molecule has 0 bridgehead atoms. The van der Waals surface area contributed by atoms with Crippen LogP contribution in [0.25, 0.3) is 0 Å². The van der Waals surface area contributed by atoms with E-state index >= 15 is 0 Å². The van der Waals surface area contributed by atoms with Crippen LogP contribution in [0, 0.1) is 6.92 Å². The third-order valence-corrected chi connectivity index (χ3v) is 6.31. The number of carbonyl (C=O) groups excluding carboxylic acids is 1. The normalized spacial score (nSPS) is 11.9. The highest BCUT2D eigenvalue weighted by atomic mass is 35.5. The predicted molar refractivity (Wildman–Crippen MR) is 123 cm³/mol. The van der Waals surface area contributed by atoms with Crippen LogP contribution in [0.4, 0.5) is 0 Å². The standard InChI is InChI=1S/C22H22Cl2N4OS/c1-4-11-28-20(15(3)25-21(29)17-8-6-5-7-14(17)2)26-27-22(28)30-13-16-9-10-18(23)19(24)12-16/h4-10,12,15H,1,11,13H2,2-3H3,(H,25,29). The molecule has 2 aromatic carbocycles. The van der Waals surface area contributed by atoms with Gasteiger partial charge in [0.25, 0.3) is 5.91 Å². The second-order valence-corrected chi connectivity index (χ2v) is 8.54. The van der Waals surface area contributed by atoms with Crippen LogP contribution in [0.3, 0.4) is 0 Å². The van der Waals surface area contributed by atoms with E-state index in [9.17, 15) is 4.79 Å². The number of aromatic nitrogens is 3. The molecule has 8 heteroatoms. The molecule has 1 heterocycles. The molecule has 30 heavy (non-hydrogen) atoms. The van der Waals surface area contributed by atoms with Crippen LogP contribution in [-0.4, -0.2) is 20.7 Å². The van der Waals surface area contributed by atoms with Crippen LogP contribution in [0.15, 0.2) is 60.3 Å². The highest BCUT2D eigenvalue weighted by Crippen LogP contribution is 2.28. The minimum absolute atomic E-state index is 0.140. The summed E-state index contributed by atoms with van der Waals surface area (Å²) >= 11 is 13.6. The molecule has 0 aliphatic carbocycles. The van der Waals surface area contributed by atoms with Crippen LogP contribution in [-0.2, 0) is 12.3 Å². The molecule has 0 fully saturated rings. The molecule has 0 spiro atoms. The Morgan fingerprint density at radius 3 is 2.70 bits per heavy atom. The van der Waals surface area contributed by atoms with Gasteiger partial charge in [-0.15, -0.1) is 16.8 Å². The molecular formula is C22H22Cl2N4OS. The van der Waals surface area contributed by atoms with Gasteiger partial charge in [0, 0.05) is 17.9 Å². The maximum absolute atomic E-state index is 12.7. The predicted octanol–water partition coefficient (Wildman–Crippen LogP) is 5.86. The maximum Gasteiger partial charge on any atom is 0.252 e.